The van der Waals surface area contributed by atoms with Gasteiger partial charge in [0.2, 0.25) is 0 Å². The molecule has 0 bridgehead atoms. The van der Waals surface area contributed by atoms with Gasteiger partial charge in [-0.05, 0) is 63.6 Å². The number of benzene rings is 1. The lowest BCUT2D eigenvalue weighted by Crippen LogP contribution is -2.35. The fourth-order valence-electron chi connectivity index (χ4n) is 2.39. The Morgan fingerprint density at radius 3 is 2.58 bits per heavy atom. The molecule has 0 aliphatic rings. The Balaban J connectivity index is 2.16. The summed E-state index contributed by atoms with van der Waals surface area (Å²) in [5, 5.41) is 0. The van der Waals surface area contributed by atoms with E-state index in [0.29, 0.717) is 0 Å². The zero-order valence-electron chi connectivity index (χ0n) is 14.6. The lowest BCUT2D eigenvalue weighted by molar-refractivity contribution is -0.114. The predicted octanol–water partition coefficient (Wildman–Crippen LogP) is 4.32. The maximum Gasteiger partial charge on any atom is 0.251 e. The number of aromatic nitrogens is 1. The van der Waals surface area contributed by atoms with Crippen LogP contribution in [0.2, 0.25) is 0 Å². The van der Waals surface area contributed by atoms with Gasteiger partial charge in [0.05, 0.1) is 18.0 Å². The smallest absolute Gasteiger partial charge is 0.251 e. The number of rotatable bonds is 6. The van der Waals surface area contributed by atoms with Gasteiger partial charge < -0.3 is 9.64 Å². The number of pyridine rings is 1. The summed E-state index contributed by atoms with van der Waals surface area (Å²) in [7, 11) is 0. The van der Waals surface area contributed by atoms with Crippen molar-refractivity contribution in [2.45, 2.75) is 39.8 Å². The fraction of sp³-hybridized carbons (Fsp3) is 0.300. The van der Waals surface area contributed by atoms with Crippen molar-refractivity contribution in [3.63, 3.8) is 0 Å². The number of hydrogen-bond acceptors (Lipinski definition) is 3. The monoisotopic (exact) mass is 324 g/mol. The van der Waals surface area contributed by atoms with Crippen LogP contribution in [-0.2, 0) is 4.79 Å². The Morgan fingerprint density at radius 2 is 1.96 bits per heavy atom. The third kappa shape index (κ3) is 4.95. The van der Waals surface area contributed by atoms with Crippen molar-refractivity contribution < 1.29 is 9.53 Å². The Hall–Kier alpha value is -2.62. The largest absolute Gasteiger partial charge is 0.491 e. The first-order valence-corrected chi connectivity index (χ1v) is 8.15. The summed E-state index contributed by atoms with van der Waals surface area (Å²) in [6.45, 7) is 7.94. The van der Waals surface area contributed by atoms with Crippen LogP contribution in [0.4, 0.5) is 5.69 Å². The minimum Gasteiger partial charge on any atom is -0.491 e. The van der Waals surface area contributed by atoms with E-state index in [4.69, 9.17) is 4.74 Å². The zero-order valence-corrected chi connectivity index (χ0v) is 14.6. The summed E-state index contributed by atoms with van der Waals surface area (Å²) in [4.78, 5) is 18.4. The molecule has 0 saturated heterocycles. The van der Waals surface area contributed by atoms with Crippen LogP contribution < -0.4 is 9.64 Å². The van der Waals surface area contributed by atoms with Crippen molar-refractivity contribution in [1.29, 1.82) is 0 Å². The SMILES string of the molecule is CC(C)Oc1cccc(/C=C/C(=O)N(c2cccnc2)C(C)C)c1. The highest BCUT2D eigenvalue weighted by atomic mass is 16.5. The van der Waals surface area contributed by atoms with E-state index in [1.807, 2.05) is 64.1 Å². The Morgan fingerprint density at radius 1 is 1.17 bits per heavy atom. The zero-order chi connectivity index (χ0) is 17.5. The van der Waals surface area contributed by atoms with Crippen molar-refractivity contribution in [3.05, 3.63) is 60.4 Å². The van der Waals surface area contributed by atoms with Gasteiger partial charge in [-0.2, -0.15) is 0 Å². The van der Waals surface area contributed by atoms with Crippen molar-refractivity contribution in [2.75, 3.05) is 4.90 Å². The molecule has 0 fully saturated rings. The number of hydrogen-bond donors (Lipinski definition) is 0. The first-order valence-electron chi connectivity index (χ1n) is 8.15. The van der Waals surface area contributed by atoms with Crippen LogP contribution in [0.5, 0.6) is 5.75 Å². The number of nitrogens with zero attached hydrogens (tertiary/aromatic N) is 2. The van der Waals surface area contributed by atoms with E-state index in [1.54, 1.807) is 29.4 Å². The summed E-state index contributed by atoms with van der Waals surface area (Å²) in [6.07, 6.45) is 6.90. The van der Waals surface area contributed by atoms with Crippen molar-refractivity contribution in [2.24, 2.45) is 0 Å². The molecule has 2 aromatic rings. The van der Waals surface area contributed by atoms with Crippen molar-refractivity contribution in [1.82, 2.24) is 4.98 Å². The normalized spacial score (nSPS) is 11.2. The molecule has 2 rings (SSSR count). The molecule has 0 spiro atoms. The molecule has 4 nitrogen and oxygen atoms in total. The van der Waals surface area contributed by atoms with Gasteiger partial charge in [0.1, 0.15) is 5.75 Å². The highest BCUT2D eigenvalue weighted by molar-refractivity contribution is 6.04. The molecule has 0 aliphatic carbocycles. The van der Waals surface area contributed by atoms with E-state index in [0.717, 1.165) is 17.0 Å². The van der Waals surface area contributed by atoms with E-state index >= 15 is 0 Å². The lowest BCUT2D eigenvalue weighted by Gasteiger charge is -2.25. The molecule has 4 heteroatoms. The summed E-state index contributed by atoms with van der Waals surface area (Å²) >= 11 is 0. The van der Waals surface area contributed by atoms with E-state index in [-0.39, 0.29) is 18.1 Å². The third-order valence-corrected chi connectivity index (χ3v) is 3.33. The van der Waals surface area contributed by atoms with Gasteiger partial charge in [0.15, 0.2) is 0 Å². The summed E-state index contributed by atoms with van der Waals surface area (Å²) in [6, 6.07) is 11.5. The summed E-state index contributed by atoms with van der Waals surface area (Å²) in [5.74, 6) is 0.723. The highest BCUT2D eigenvalue weighted by Gasteiger charge is 2.16. The second-order valence-corrected chi connectivity index (χ2v) is 6.09. The number of ether oxygens (including phenoxy) is 1. The van der Waals surface area contributed by atoms with Crippen LogP contribution >= 0.6 is 0 Å². The van der Waals surface area contributed by atoms with Gasteiger partial charge in [-0.15, -0.1) is 0 Å². The topological polar surface area (TPSA) is 42.4 Å². The van der Waals surface area contributed by atoms with Gasteiger partial charge in [-0.3, -0.25) is 9.78 Å². The minimum atomic E-state index is -0.0758. The first-order chi connectivity index (χ1) is 11.5. The molecule has 1 aromatic carbocycles. The Kier molecular flexibility index (Phi) is 6.13. The summed E-state index contributed by atoms with van der Waals surface area (Å²) < 4.78 is 5.68. The van der Waals surface area contributed by atoms with Crippen molar-refractivity contribution in [3.8, 4) is 5.75 Å². The first kappa shape index (κ1) is 17.7. The molecule has 0 radical (unpaired) electrons. The van der Waals surface area contributed by atoms with Gasteiger partial charge >= 0.3 is 0 Å². The van der Waals surface area contributed by atoms with E-state index in [2.05, 4.69) is 4.98 Å². The molecule has 1 amide bonds. The van der Waals surface area contributed by atoms with Crippen molar-refractivity contribution >= 4 is 17.7 Å². The van der Waals surface area contributed by atoms with Crippen LogP contribution in [0.3, 0.4) is 0 Å². The van der Waals surface area contributed by atoms with E-state index in [1.165, 1.54) is 0 Å². The molecule has 0 N–H and O–H groups in total. The third-order valence-electron chi connectivity index (χ3n) is 3.33. The molecule has 0 atom stereocenters. The average molecular weight is 324 g/mol. The standard InChI is InChI=1S/C20H24N2O2/c1-15(2)22(18-8-6-12-21-14-18)20(23)11-10-17-7-5-9-19(13-17)24-16(3)4/h5-16H,1-4H3/b11-10+. The molecule has 0 unspecified atom stereocenters. The Bertz CT molecular complexity index is 694. The quantitative estimate of drug-likeness (QED) is 0.743. The fourth-order valence-corrected chi connectivity index (χ4v) is 2.39. The number of anilines is 1. The van der Waals surface area contributed by atoms with Crippen LogP contribution in [0.25, 0.3) is 6.08 Å². The molecule has 0 aliphatic heterocycles. The van der Waals surface area contributed by atoms with Crippen LogP contribution in [0.1, 0.15) is 33.3 Å². The van der Waals surface area contributed by atoms with Crippen LogP contribution in [0.15, 0.2) is 54.9 Å². The minimum absolute atomic E-state index is 0.0435. The maximum atomic E-state index is 12.6. The van der Waals surface area contributed by atoms with Crippen LogP contribution in [-0.4, -0.2) is 23.0 Å². The molecular weight excluding hydrogens is 300 g/mol. The molecule has 24 heavy (non-hydrogen) atoms. The molecule has 126 valence electrons. The molecule has 0 saturated carbocycles. The predicted molar refractivity (Wildman–Crippen MR) is 98.1 cm³/mol. The van der Waals surface area contributed by atoms with E-state index in [9.17, 15) is 4.79 Å². The average Bonchev–Trinajstić information content (AvgIpc) is 2.53. The number of carbonyl (C=O) groups excluding carboxylic acids is 1. The highest BCUT2D eigenvalue weighted by Crippen LogP contribution is 2.18. The summed E-state index contributed by atoms with van der Waals surface area (Å²) in [5.41, 5.74) is 1.72. The van der Waals surface area contributed by atoms with Gasteiger partial charge in [0, 0.05) is 18.3 Å². The lowest BCUT2D eigenvalue weighted by atomic mass is 10.2. The molecule has 1 heterocycles. The van der Waals surface area contributed by atoms with Gasteiger partial charge in [-0.1, -0.05) is 12.1 Å². The molecular formula is C20H24N2O2. The van der Waals surface area contributed by atoms with Gasteiger partial charge in [0.25, 0.3) is 5.91 Å². The van der Waals surface area contributed by atoms with Crippen LogP contribution in [0, 0.1) is 0 Å². The Labute approximate surface area is 143 Å². The number of carbonyl (C=O) groups is 1. The number of amides is 1. The second-order valence-electron chi connectivity index (χ2n) is 6.09. The van der Waals surface area contributed by atoms with Gasteiger partial charge in [-0.25, -0.2) is 0 Å². The molecule has 1 aromatic heterocycles. The second kappa shape index (κ2) is 8.29. The van der Waals surface area contributed by atoms with E-state index < -0.39 is 0 Å². The maximum absolute atomic E-state index is 12.6.